The number of hydrogen-bond donors (Lipinski definition) is 0. The highest BCUT2D eigenvalue weighted by atomic mass is 127. The molecule has 8 rings (SSSR count). The van der Waals surface area contributed by atoms with E-state index < -0.39 is 22.7 Å². The number of allylic oxidation sites excluding steroid dienone is 2. The number of carbonyl (C=O) groups is 3. The molecule has 3 aliphatic rings. The molecule has 212 valence electrons. The minimum absolute atomic E-state index is 0.112. The average molecular weight is 684 g/mol. The molecule has 0 unspecified atom stereocenters. The molecule has 0 spiro atoms. The van der Waals surface area contributed by atoms with Crippen LogP contribution in [-0.4, -0.2) is 17.6 Å². The van der Waals surface area contributed by atoms with Crippen LogP contribution in [0.25, 0.3) is 11.1 Å². The summed E-state index contributed by atoms with van der Waals surface area (Å²) in [6, 6.07) is 46.6. The summed E-state index contributed by atoms with van der Waals surface area (Å²) in [6.07, 6.45) is 0. The van der Waals surface area contributed by atoms with E-state index in [0.717, 1.165) is 37.0 Å². The van der Waals surface area contributed by atoms with Crippen LogP contribution in [0.1, 0.15) is 22.3 Å². The molecule has 2 bridgehead atoms. The summed E-state index contributed by atoms with van der Waals surface area (Å²) in [4.78, 5) is 47.2. The van der Waals surface area contributed by atoms with Gasteiger partial charge in [0.25, 0.3) is 0 Å². The number of hydrogen-bond acceptors (Lipinski definition) is 3. The topological polar surface area (TPSA) is 54.5 Å². The Morgan fingerprint density at radius 1 is 0.477 bits per heavy atom. The molecule has 2 fully saturated rings. The Kier molecular flexibility index (Phi) is 6.10. The van der Waals surface area contributed by atoms with Gasteiger partial charge in [0.1, 0.15) is 0 Å². The highest BCUT2D eigenvalue weighted by molar-refractivity contribution is 14.1. The van der Waals surface area contributed by atoms with Crippen LogP contribution in [0.15, 0.2) is 146 Å². The third-order valence-electron chi connectivity index (χ3n) is 9.67. The first-order chi connectivity index (χ1) is 21.5. The van der Waals surface area contributed by atoms with Crippen molar-refractivity contribution >= 4 is 57.0 Å². The van der Waals surface area contributed by atoms with Crippen molar-refractivity contribution in [2.45, 2.75) is 10.8 Å². The summed E-state index contributed by atoms with van der Waals surface area (Å²) in [6.45, 7) is 0. The standard InChI is InChI=1S/C39H26INO3/c40-29-23-13-14-24-30(29)41-35(42)33-34(36(41)43)39(28-21-11-4-12-22-28)32(26-17-7-2-8-18-26)31(25-15-5-1-6-16-25)38(33,37(39)44)27-19-9-3-10-20-27/h1-24,33-34H/t33-,34+,38-,39-/m0/s1. The smallest absolute Gasteiger partial charge is 0.239 e. The lowest BCUT2D eigenvalue weighted by atomic mass is 9.59. The Morgan fingerprint density at radius 3 is 1.25 bits per heavy atom. The van der Waals surface area contributed by atoms with E-state index in [1.807, 2.05) is 146 Å². The Balaban J connectivity index is 1.57. The van der Waals surface area contributed by atoms with Gasteiger partial charge in [-0.15, -0.1) is 0 Å². The van der Waals surface area contributed by atoms with Gasteiger partial charge in [0.05, 0.1) is 28.4 Å². The van der Waals surface area contributed by atoms with E-state index in [9.17, 15) is 9.59 Å². The van der Waals surface area contributed by atoms with E-state index in [1.54, 1.807) is 0 Å². The molecule has 1 aliphatic heterocycles. The van der Waals surface area contributed by atoms with Gasteiger partial charge in [-0.05, 0) is 68.1 Å². The Bertz CT molecular complexity index is 1870. The van der Waals surface area contributed by atoms with Crippen molar-refractivity contribution in [2.24, 2.45) is 11.8 Å². The third kappa shape index (κ3) is 3.30. The molecule has 0 N–H and O–H groups in total. The van der Waals surface area contributed by atoms with Crippen LogP contribution in [-0.2, 0) is 25.2 Å². The molecule has 1 saturated carbocycles. The van der Waals surface area contributed by atoms with Crippen molar-refractivity contribution < 1.29 is 14.4 Å². The van der Waals surface area contributed by atoms with Crippen molar-refractivity contribution in [3.05, 3.63) is 171 Å². The van der Waals surface area contributed by atoms with Crippen molar-refractivity contribution in [3.8, 4) is 0 Å². The predicted octanol–water partition coefficient (Wildman–Crippen LogP) is 7.48. The second-order valence-corrected chi connectivity index (χ2v) is 12.7. The van der Waals surface area contributed by atoms with E-state index in [2.05, 4.69) is 22.6 Å². The van der Waals surface area contributed by atoms with Crippen molar-refractivity contribution in [1.82, 2.24) is 0 Å². The average Bonchev–Trinajstić information content (AvgIpc) is 3.59. The molecule has 44 heavy (non-hydrogen) atoms. The maximum Gasteiger partial charge on any atom is 0.239 e. The van der Waals surface area contributed by atoms with Crippen LogP contribution >= 0.6 is 22.6 Å². The Hall–Kier alpha value is -4.62. The number of rotatable bonds is 5. The van der Waals surface area contributed by atoms with Crippen LogP contribution < -0.4 is 4.90 Å². The highest BCUT2D eigenvalue weighted by Gasteiger charge is 2.82. The SMILES string of the molecule is O=C1[C@@H]2[C@H](C(=O)N1c1ccccc1I)[C@@]1(c3ccccc3)C(=O)[C@@]2(c2ccccc2)C(c2ccccc2)=C1c1ccccc1. The number of halogens is 1. The molecule has 4 atom stereocenters. The van der Waals surface area contributed by atoms with E-state index >= 15 is 4.79 Å². The highest BCUT2D eigenvalue weighted by Crippen LogP contribution is 2.74. The van der Waals surface area contributed by atoms with Crippen LogP contribution in [0.3, 0.4) is 0 Å². The number of nitrogens with zero attached hydrogens (tertiary/aromatic N) is 1. The van der Waals surface area contributed by atoms with Gasteiger partial charge in [0, 0.05) is 3.57 Å². The molecular weight excluding hydrogens is 657 g/mol. The molecule has 4 nitrogen and oxygen atoms in total. The fourth-order valence-electron chi connectivity index (χ4n) is 8.20. The number of anilines is 1. The van der Waals surface area contributed by atoms with E-state index in [-0.39, 0.29) is 17.6 Å². The van der Waals surface area contributed by atoms with Crippen LogP contribution in [0.2, 0.25) is 0 Å². The van der Waals surface area contributed by atoms with Gasteiger partial charge < -0.3 is 0 Å². The number of Topliss-reactive ketones (excluding diaryl/α,β-unsaturated/α-hetero) is 1. The van der Waals surface area contributed by atoms with Crippen LogP contribution in [0.4, 0.5) is 5.69 Å². The van der Waals surface area contributed by atoms with Gasteiger partial charge >= 0.3 is 0 Å². The zero-order valence-corrected chi connectivity index (χ0v) is 25.7. The number of imide groups is 1. The molecule has 1 heterocycles. The van der Waals surface area contributed by atoms with Crippen LogP contribution in [0, 0.1) is 15.4 Å². The molecule has 2 amide bonds. The maximum atomic E-state index is 15.8. The fraction of sp³-hybridized carbons (Fsp3) is 0.103. The summed E-state index contributed by atoms with van der Waals surface area (Å²) in [5.41, 5.74) is 2.57. The normalized spacial score (nSPS) is 25.6. The first kappa shape index (κ1) is 27.0. The van der Waals surface area contributed by atoms with Gasteiger partial charge in [-0.1, -0.05) is 133 Å². The predicted molar refractivity (Wildman–Crippen MR) is 180 cm³/mol. The van der Waals surface area contributed by atoms with Crippen molar-refractivity contribution in [1.29, 1.82) is 0 Å². The monoisotopic (exact) mass is 683 g/mol. The first-order valence-electron chi connectivity index (χ1n) is 14.7. The second kappa shape index (κ2) is 9.96. The lowest BCUT2D eigenvalue weighted by Gasteiger charge is -2.39. The second-order valence-electron chi connectivity index (χ2n) is 11.6. The summed E-state index contributed by atoms with van der Waals surface area (Å²) in [5, 5.41) is 0. The van der Waals surface area contributed by atoms with Gasteiger partial charge in [0.2, 0.25) is 11.8 Å². The van der Waals surface area contributed by atoms with Gasteiger partial charge in [0.15, 0.2) is 5.78 Å². The van der Waals surface area contributed by atoms with Crippen LogP contribution in [0.5, 0.6) is 0 Å². The molecule has 5 aromatic carbocycles. The third-order valence-corrected chi connectivity index (χ3v) is 10.6. The molecule has 1 saturated heterocycles. The zero-order valence-electron chi connectivity index (χ0n) is 23.6. The number of fused-ring (bicyclic) bond motifs is 5. The quantitative estimate of drug-likeness (QED) is 0.143. The summed E-state index contributed by atoms with van der Waals surface area (Å²) < 4.78 is 0.799. The minimum atomic E-state index is -1.39. The fourth-order valence-corrected chi connectivity index (χ4v) is 8.83. The maximum absolute atomic E-state index is 15.8. The summed E-state index contributed by atoms with van der Waals surface area (Å²) in [5.74, 6) is -2.63. The molecule has 5 aromatic rings. The Labute approximate surface area is 269 Å². The van der Waals surface area contributed by atoms with E-state index in [4.69, 9.17) is 0 Å². The number of carbonyl (C=O) groups excluding carboxylic acids is 3. The summed E-state index contributed by atoms with van der Waals surface area (Å²) >= 11 is 2.18. The first-order valence-corrected chi connectivity index (χ1v) is 15.8. The van der Waals surface area contributed by atoms with Crippen molar-refractivity contribution in [2.75, 3.05) is 4.90 Å². The lowest BCUT2D eigenvalue weighted by molar-refractivity contribution is -0.130. The molecule has 5 heteroatoms. The minimum Gasteiger partial charge on any atom is -0.297 e. The number of para-hydroxylation sites is 1. The molecule has 0 radical (unpaired) electrons. The molecule has 2 aliphatic carbocycles. The molecular formula is C39H26INO3. The van der Waals surface area contributed by atoms with Crippen molar-refractivity contribution in [3.63, 3.8) is 0 Å². The zero-order chi connectivity index (χ0) is 30.1. The number of ketones is 1. The van der Waals surface area contributed by atoms with E-state index in [1.165, 1.54) is 4.90 Å². The lowest BCUT2D eigenvalue weighted by Crippen LogP contribution is -2.45. The van der Waals surface area contributed by atoms with E-state index in [0.29, 0.717) is 5.69 Å². The van der Waals surface area contributed by atoms with Gasteiger partial charge in [-0.2, -0.15) is 0 Å². The largest absolute Gasteiger partial charge is 0.297 e. The molecule has 0 aromatic heterocycles. The summed E-state index contributed by atoms with van der Waals surface area (Å²) in [7, 11) is 0. The Morgan fingerprint density at radius 2 is 0.841 bits per heavy atom. The number of amides is 2. The van der Waals surface area contributed by atoms with Gasteiger partial charge in [-0.25, -0.2) is 4.90 Å². The van der Waals surface area contributed by atoms with Gasteiger partial charge in [-0.3, -0.25) is 14.4 Å². The number of benzene rings is 5.